The molecule has 0 heterocycles. The summed E-state index contributed by atoms with van der Waals surface area (Å²) in [5.41, 5.74) is 2.06. The van der Waals surface area contributed by atoms with Crippen LogP contribution in [0.1, 0.15) is 52.0 Å². The summed E-state index contributed by atoms with van der Waals surface area (Å²) in [7, 11) is 0. The monoisotopic (exact) mass is 402 g/mol. The van der Waals surface area contributed by atoms with E-state index in [2.05, 4.69) is 5.32 Å². The van der Waals surface area contributed by atoms with Crippen LogP contribution in [-0.4, -0.2) is 28.8 Å². The molecule has 0 bridgehead atoms. The molecular weight excluding hydrogens is 383 g/mol. The van der Waals surface area contributed by atoms with Crippen LogP contribution < -0.4 is 5.32 Å². The van der Waals surface area contributed by atoms with Crippen LogP contribution in [0.15, 0.2) is 42.5 Å². The molecule has 0 aliphatic heterocycles. The molecule has 0 aromatic heterocycles. The molecule has 2 aromatic carbocycles. The van der Waals surface area contributed by atoms with Crippen molar-refractivity contribution in [2.45, 2.75) is 44.3 Å². The van der Waals surface area contributed by atoms with Gasteiger partial charge in [-0.05, 0) is 61.6 Å². The predicted molar refractivity (Wildman–Crippen MR) is 106 cm³/mol. The lowest BCUT2D eigenvalue weighted by Crippen LogP contribution is -2.32. The third-order valence-electron chi connectivity index (χ3n) is 4.89. The molecule has 0 atom stereocenters. The van der Waals surface area contributed by atoms with E-state index in [1.807, 2.05) is 29.2 Å². The fraction of sp³-hybridized carbons (Fsp3) is 0.333. The number of rotatable bonds is 6. The second kappa shape index (κ2) is 7.53. The number of nitrogens with one attached hydrogen (secondary N) is 1. The number of hydrogen-bond acceptors (Lipinski definition) is 2. The topological polar surface area (TPSA) is 49.4 Å². The first kappa shape index (κ1) is 18.3. The number of carbonyl (C=O) groups is 2. The third-order valence-corrected chi connectivity index (χ3v) is 5.45. The van der Waals surface area contributed by atoms with Crippen LogP contribution >= 0.6 is 23.2 Å². The minimum absolute atomic E-state index is 0.0371. The molecule has 140 valence electrons. The molecule has 2 aromatic rings. The fourth-order valence-electron chi connectivity index (χ4n) is 3.02. The molecular formula is C21H20Cl2N2O2. The zero-order valence-corrected chi connectivity index (χ0v) is 16.3. The molecule has 2 amide bonds. The summed E-state index contributed by atoms with van der Waals surface area (Å²) in [6.07, 6.45) is 4.11. The molecule has 0 unspecified atom stereocenters. The summed E-state index contributed by atoms with van der Waals surface area (Å²) in [6.45, 7) is 0.483. The number of benzene rings is 2. The average Bonchev–Trinajstić information content (AvgIpc) is 3.56. The Morgan fingerprint density at radius 2 is 1.70 bits per heavy atom. The van der Waals surface area contributed by atoms with Gasteiger partial charge in [-0.3, -0.25) is 9.59 Å². The summed E-state index contributed by atoms with van der Waals surface area (Å²) in [5, 5.41) is 3.87. The van der Waals surface area contributed by atoms with Gasteiger partial charge in [0.1, 0.15) is 0 Å². The van der Waals surface area contributed by atoms with Gasteiger partial charge in [0.2, 0.25) is 0 Å². The fourth-order valence-corrected chi connectivity index (χ4v) is 3.39. The highest BCUT2D eigenvalue weighted by molar-refractivity contribution is 6.35. The molecule has 2 fully saturated rings. The van der Waals surface area contributed by atoms with E-state index in [0.29, 0.717) is 33.8 Å². The summed E-state index contributed by atoms with van der Waals surface area (Å²) >= 11 is 12.3. The van der Waals surface area contributed by atoms with Gasteiger partial charge in [0.05, 0.1) is 10.6 Å². The van der Waals surface area contributed by atoms with Crippen LogP contribution in [0.25, 0.3) is 0 Å². The van der Waals surface area contributed by atoms with E-state index in [4.69, 9.17) is 23.2 Å². The number of hydrogen-bond donors (Lipinski definition) is 1. The molecule has 6 heteroatoms. The predicted octanol–water partition coefficient (Wildman–Crippen LogP) is 4.69. The number of carbonyl (C=O) groups excluding carboxylic acids is 2. The van der Waals surface area contributed by atoms with Crippen molar-refractivity contribution in [1.29, 1.82) is 0 Å². The highest BCUT2D eigenvalue weighted by Gasteiger charge is 2.34. The Morgan fingerprint density at radius 3 is 2.33 bits per heavy atom. The van der Waals surface area contributed by atoms with Gasteiger partial charge in [-0.15, -0.1) is 0 Å². The maximum atomic E-state index is 13.0. The Balaban J connectivity index is 1.49. The minimum atomic E-state index is -0.111. The van der Waals surface area contributed by atoms with E-state index in [1.54, 1.807) is 18.2 Å². The van der Waals surface area contributed by atoms with E-state index >= 15 is 0 Å². The normalized spacial score (nSPS) is 16.1. The largest absolute Gasteiger partial charge is 0.349 e. The molecule has 2 saturated carbocycles. The number of amides is 2. The van der Waals surface area contributed by atoms with Crippen molar-refractivity contribution in [3.8, 4) is 0 Å². The molecule has 2 aliphatic rings. The Morgan fingerprint density at radius 1 is 1.00 bits per heavy atom. The molecule has 0 radical (unpaired) electrons. The first-order valence-electron chi connectivity index (χ1n) is 9.17. The van der Waals surface area contributed by atoms with Gasteiger partial charge in [0.25, 0.3) is 11.8 Å². The van der Waals surface area contributed by atoms with Crippen LogP contribution in [0.3, 0.4) is 0 Å². The summed E-state index contributed by atoms with van der Waals surface area (Å²) in [4.78, 5) is 27.0. The summed E-state index contributed by atoms with van der Waals surface area (Å²) < 4.78 is 0. The maximum absolute atomic E-state index is 13.0. The minimum Gasteiger partial charge on any atom is -0.349 e. The van der Waals surface area contributed by atoms with E-state index in [0.717, 1.165) is 31.2 Å². The van der Waals surface area contributed by atoms with Crippen molar-refractivity contribution < 1.29 is 9.59 Å². The van der Waals surface area contributed by atoms with Crippen LogP contribution in [-0.2, 0) is 6.54 Å². The first-order chi connectivity index (χ1) is 13.0. The van der Waals surface area contributed by atoms with Gasteiger partial charge in [0.15, 0.2) is 0 Å². The van der Waals surface area contributed by atoms with Crippen LogP contribution in [0, 0.1) is 0 Å². The Kier molecular flexibility index (Phi) is 5.11. The van der Waals surface area contributed by atoms with Crippen molar-refractivity contribution in [2.24, 2.45) is 0 Å². The standard InChI is InChI=1S/C21H20Cl2N2O2/c22-15-5-10-19(23)18(11-15)21(27)25(17-8-9-17)12-13-1-3-14(4-2-13)20(26)24-16-6-7-16/h1-5,10-11,16-17H,6-9,12H2,(H,24,26). The van der Waals surface area contributed by atoms with Gasteiger partial charge in [-0.25, -0.2) is 0 Å². The molecule has 2 aliphatic carbocycles. The van der Waals surface area contributed by atoms with E-state index < -0.39 is 0 Å². The Labute approximate surface area is 168 Å². The molecule has 0 saturated heterocycles. The maximum Gasteiger partial charge on any atom is 0.255 e. The highest BCUT2D eigenvalue weighted by Crippen LogP contribution is 2.32. The summed E-state index contributed by atoms with van der Waals surface area (Å²) in [6, 6.07) is 12.9. The first-order valence-corrected chi connectivity index (χ1v) is 9.92. The third kappa shape index (κ3) is 4.45. The lowest BCUT2D eigenvalue weighted by Gasteiger charge is -2.23. The zero-order chi connectivity index (χ0) is 19.0. The lowest BCUT2D eigenvalue weighted by atomic mass is 10.1. The van der Waals surface area contributed by atoms with Gasteiger partial charge < -0.3 is 10.2 Å². The Hall–Kier alpha value is -2.04. The van der Waals surface area contributed by atoms with E-state index in [9.17, 15) is 9.59 Å². The van der Waals surface area contributed by atoms with Crippen molar-refractivity contribution in [2.75, 3.05) is 0 Å². The van der Waals surface area contributed by atoms with Crippen LogP contribution in [0.4, 0.5) is 0 Å². The summed E-state index contributed by atoms with van der Waals surface area (Å²) in [5.74, 6) is -0.148. The van der Waals surface area contributed by atoms with Gasteiger partial charge in [-0.1, -0.05) is 35.3 Å². The smallest absolute Gasteiger partial charge is 0.255 e. The molecule has 27 heavy (non-hydrogen) atoms. The Bertz CT molecular complexity index is 874. The average molecular weight is 403 g/mol. The second-order valence-electron chi connectivity index (χ2n) is 7.23. The van der Waals surface area contributed by atoms with Gasteiger partial charge >= 0.3 is 0 Å². The van der Waals surface area contributed by atoms with Crippen molar-refractivity contribution in [3.63, 3.8) is 0 Å². The molecule has 4 rings (SSSR count). The molecule has 0 spiro atoms. The van der Waals surface area contributed by atoms with Crippen molar-refractivity contribution in [3.05, 3.63) is 69.2 Å². The van der Waals surface area contributed by atoms with Crippen LogP contribution in [0.5, 0.6) is 0 Å². The number of nitrogens with zero attached hydrogens (tertiary/aromatic N) is 1. The quantitative estimate of drug-likeness (QED) is 0.761. The molecule has 1 N–H and O–H groups in total. The van der Waals surface area contributed by atoms with E-state index in [1.165, 1.54) is 0 Å². The zero-order valence-electron chi connectivity index (χ0n) is 14.8. The van der Waals surface area contributed by atoms with Crippen molar-refractivity contribution in [1.82, 2.24) is 10.2 Å². The highest BCUT2D eigenvalue weighted by atomic mass is 35.5. The van der Waals surface area contributed by atoms with Gasteiger partial charge in [0, 0.05) is 29.2 Å². The molecule has 4 nitrogen and oxygen atoms in total. The van der Waals surface area contributed by atoms with Crippen molar-refractivity contribution >= 4 is 35.0 Å². The lowest BCUT2D eigenvalue weighted by molar-refractivity contribution is 0.0729. The number of halogens is 2. The SMILES string of the molecule is O=C(NC1CC1)c1ccc(CN(C(=O)c2cc(Cl)ccc2Cl)C2CC2)cc1. The second-order valence-corrected chi connectivity index (χ2v) is 8.08. The van der Waals surface area contributed by atoms with Crippen LogP contribution in [0.2, 0.25) is 10.0 Å². The van der Waals surface area contributed by atoms with Gasteiger partial charge in [-0.2, -0.15) is 0 Å². The van der Waals surface area contributed by atoms with E-state index in [-0.39, 0.29) is 17.9 Å².